The Morgan fingerprint density at radius 1 is 1.62 bits per heavy atom. The smallest absolute Gasteiger partial charge is 0.0905 e. The molecule has 2 heterocycles. The van der Waals surface area contributed by atoms with Gasteiger partial charge in [-0.3, -0.25) is 4.68 Å². The van der Waals surface area contributed by atoms with Crippen LogP contribution in [0.5, 0.6) is 0 Å². The van der Waals surface area contributed by atoms with E-state index in [0.717, 1.165) is 25.0 Å². The van der Waals surface area contributed by atoms with Crippen LogP contribution in [0, 0.1) is 5.92 Å². The third-order valence-corrected chi connectivity index (χ3v) is 3.16. The summed E-state index contributed by atoms with van der Waals surface area (Å²) in [5.74, 6) is 0.221. The van der Waals surface area contributed by atoms with Crippen LogP contribution >= 0.6 is 0 Å². The molecule has 1 N–H and O–H groups in total. The second kappa shape index (κ2) is 4.97. The average molecular weight is 224 g/mol. The highest BCUT2D eigenvalue weighted by molar-refractivity contribution is 5.11. The van der Waals surface area contributed by atoms with E-state index in [1.165, 1.54) is 0 Å². The maximum Gasteiger partial charge on any atom is 0.0905 e. The van der Waals surface area contributed by atoms with Gasteiger partial charge in [-0.25, -0.2) is 0 Å². The third kappa shape index (κ3) is 2.28. The lowest BCUT2D eigenvalue weighted by Gasteiger charge is -2.29. The lowest BCUT2D eigenvalue weighted by molar-refractivity contribution is -0.0457. The van der Waals surface area contributed by atoms with Crippen LogP contribution in [0.2, 0.25) is 0 Å². The summed E-state index contributed by atoms with van der Waals surface area (Å²) in [5.41, 5.74) is 1.09. The summed E-state index contributed by atoms with van der Waals surface area (Å²) in [6, 6.07) is 0.366. The summed E-state index contributed by atoms with van der Waals surface area (Å²) in [6.45, 7) is 5.18. The van der Waals surface area contributed by atoms with Gasteiger partial charge >= 0.3 is 0 Å². The second-order valence-corrected chi connectivity index (χ2v) is 4.72. The van der Waals surface area contributed by atoms with E-state index in [1.54, 1.807) is 0 Å². The molecule has 1 aromatic heterocycles. The maximum atomic E-state index is 9.33. The number of nitrogens with zero attached hydrogens (tertiary/aromatic N) is 2. The van der Waals surface area contributed by atoms with Gasteiger partial charge in [0.25, 0.3) is 0 Å². The first-order valence-corrected chi connectivity index (χ1v) is 5.99. The van der Waals surface area contributed by atoms with E-state index in [1.807, 2.05) is 17.1 Å². The molecule has 2 unspecified atom stereocenters. The largest absolute Gasteiger partial charge is 0.396 e. The molecule has 1 saturated heterocycles. The van der Waals surface area contributed by atoms with Crippen molar-refractivity contribution in [1.82, 2.24) is 9.78 Å². The minimum atomic E-state index is 0.0197. The molecule has 16 heavy (non-hydrogen) atoms. The Morgan fingerprint density at radius 3 is 3.06 bits per heavy atom. The fraction of sp³-hybridized carbons (Fsp3) is 0.750. The molecule has 0 aliphatic carbocycles. The summed E-state index contributed by atoms with van der Waals surface area (Å²) in [7, 11) is 0. The number of hydrogen-bond acceptors (Lipinski definition) is 3. The van der Waals surface area contributed by atoms with Gasteiger partial charge in [-0.2, -0.15) is 5.10 Å². The van der Waals surface area contributed by atoms with Crippen molar-refractivity contribution in [3.8, 4) is 0 Å². The van der Waals surface area contributed by atoms with Crippen LogP contribution < -0.4 is 0 Å². The Balaban J connectivity index is 2.14. The van der Waals surface area contributed by atoms with E-state index < -0.39 is 0 Å². The van der Waals surface area contributed by atoms with Crippen molar-refractivity contribution in [3.63, 3.8) is 0 Å². The van der Waals surface area contributed by atoms with Gasteiger partial charge in [0.05, 0.1) is 12.3 Å². The summed E-state index contributed by atoms with van der Waals surface area (Å²) < 4.78 is 7.68. The van der Waals surface area contributed by atoms with E-state index >= 15 is 0 Å². The molecule has 1 aromatic rings. The van der Waals surface area contributed by atoms with Crippen molar-refractivity contribution in [2.24, 2.45) is 5.92 Å². The highest BCUT2D eigenvalue weighted by Crippen LogP contribution is 2.33. The number of aromatic nitrogens is 2. The Kier molecular flexibility index (Phi) is 3.61. The van der Waals surface area contributed by atoms with Crippen molar-refractivity contribution in [3.05, 3.63) is 18.0 Å². The number of aliphatic hydroxyl groups excluding tert-OH is 1. The number of aliphatic hydroxyl groups is 1. The molecule has 90 valence electrons. The van der Waals surface area contributed by atoms with Crippen molar-refractivity contribution in [2.75, 3.05) is 13.2 Å². The first-order chi connectivity index (χ1) is 7.72. The van der Waals surface area contributed by atoms with E-state index in [0.29, 0.717) is 6.04 Å². The third-order valence-electron chi connectivity index (χ3n) is 3.16. The van der Waals surface area contributed by atoms with Gasteiger partial charge in [-0.05, 0) is 26.7 Å². The van der Waals surface area contributed by atoms with Crippen LogP contribution in [0.4, 0.5) is 0 Å². The molecule has 0 radical (unpaired) electrons. The van der Waals surface area contributed by atoms with Crippen LogP contribution in [0.3, 0.4) is 0 Å². The summed E-state index contributed by atoms with van der Waals surface area (Å²) in [5, 5.41) is 13.6. The van der Waals surface area contributed by atoms with Gasteiger partial charge in [-0.1, -0.05) is 0 Å². The SMILES string of the molecule is CC(C)n1cc(C2OCCCC2CO)cn1. The standard InChI is InChI=1S/C12H20N2O2/c1-9(2)14-7-11(6-13-14)12-10(8-15)4-3-5-16-12/h6-7,9-10,12,15H,3-5,8H2,1-2H3. The Morgan fingerprint density at radius 2 is 2.44 bits per heavy atom. The summed E-state index contributed by atoms with van der Waals surface area (Å²) >= 11 is 0. The molecule has 0 bridgehead atoms. The van der Waals surface area contributed by atoms with E-state index in [2.05, 4.69) is 18.9 Å². The lowest BCUT2D eigenvalue weighted by atomic mass is 9.92. The normalized spacial score (nSPS) is 26.2. The van der Waals surface area contributed by atoms with Gasteiger partial charge in [0, 0.05) is 36.9 Å². The first kappa shape index (κ1) is 11.6. The van der Waals surface area contributed by atoms with E-state index in [-0.39, 0.29) is 18.6 Å². The molecule has 2 atom stereocenters. The molecule has 2 rings (SSSR count). The quantitative estimate of drug-likeness (QED) is 0.853. The Hall–Kier alpha value is -0.870. The summed E-state index contributed by atoms with van der Waals surface area (Å²) in [6.07, 6.45) is 5.99. The molecule has 1 aliphatic rings. The molecular formula is C12H20N2O2. The molecule has 1 fully saturated rings. The molecule has 1 aliphatic heterocycles. The predicted octanol–water partition coefficient (Wildman–Crippen LogP) is 1.92. The molecule has 0 aromatic carbocycles. The van der Waals surface area contributed by atoms with Crippen LogP contribution in [-0.4, -0.2) is 28.1 Å². The van der Waals surface area contributed by atoms with Gasteiger partial charge in [0.1, 0.15) is 0 Å². The van der Waals surface area contributed by atoms with Gasteiger partial charge in [0.15, 0.2) is 0 Å². The van der Waals surface area contributed by atoms with Gasteiger partial charge < -0.3 is 9.84 Å². The zero-order valence-electron chi connectivity index (χ0n) is 9.97. The fourth-order valence-corrected chi connectivity index (χ4v) is 2.18. The van der Waals surface area contributed by atoms with Crippen LogP contribution in [-0.2, 0) is 4.74 Å². The zero-order chi connectivity index (χ0) is 11.5. The second-order valence-electron chi connectivity index (χ2n) is 4.72. The topological polar surface area (TPSA) is 47.3 Å². The van der Waals surface area contributed by atoms with E-state index in [9.17, 15) is 5.11 Å². The number of rotatable bonds is 3. The fourth-order valence-electron chi connectivity index (χ4n) is 2.18. The molecule has 4 nitrogen and oxygen atoms in total. The average Bonchev–Trinajstić information content (AvgIpc) is 2.78. The Labute approximate surface area is 96.2 Å². The first-order valence-electron chi connectivity index (χ1n) is 5.99. The highest BCUT2D eigenvalue weighted by atomic mass is 16.5. The molecule has 4 heteroatoms. The van der Waals surface area contributed by atoms with Crippen molar-refractivity contribution in [2.45, 2.75) is 38.8 Å². The number of ether oxygens (including phenoxy) is 1. The predicted molar refractivity (Wildman–Crippen MR) is 61.1 cm³/mol. The molecule has 0 saturated carbocycles. The monoisotopic (exact) mass is 224 g/mol. The van der Waals surface area contributed by atoms with Crippen molar-refractivity contribution in [1.29, 1.82) is 0 Å². The minimum absolute atomic E-state index is 0.0197. The van der Waals surface area contributed by atoms with Crippen LogP contribution in [0.1, 0.15) is 44.4 Å². The molecular weight excluding hydrogens is 204 g/mol. The minimum Gasteiger partial charge on any atom is -0.396 e. The summed E-state index contributed by atoms with van der Waals surface area (Å²) in [4.78, 5) is 0. The van der Waals surface area contributed by atoms with Crippen molar-refractivity contribution >= 4 is 0 Å². The van der Waals surface area contributed by atoms with Crippen molar-refractivity contribution < 1.29 is 9.84 Å². The zero-order valence-corrected chi connectivity index (χ0v) is 9.97. The Bertz CT molecular complexity index is 336. The van der Waals surface area contributed by atoms with E-state index in [4.69, 9.17) is 4.74 Å². The van der Waals surface area contributed by atoms with Gasteiger partial charge in [-0.15, -0.1) is 0 Å². The van der Waals surface area contributed by atoms with Crippen LogP contribution in [0.15, 0.2) is 12.4 Å². The highest BCUT2D eigenvalue weighted by Gasteiger charge is 2.27. The molecule has 0 spiro atoms. The van der Waals surface area contributed by atoms with Gasteiger partial charge in [0.2, 0.25) is 0 Å². The van der Waals surface area contributed by atoms with Crippen LogP contribution in [0.25, 0.3) is 0 Å². The number of hydrogen-bond donors (Lipinski definition) is 1. The molecule has 0 amide bonds. The lowest BCUT2D eigenvalue weighted by Crippen LogP contribution is -2.25. The maximum absolute atomic E-state index is 9.33.